The van der Waals surface area contributed by atoms with Gasteiger partial charge in [-0.2, -0.15) is 0 Å². The lowest BCUT2D eigenvalue weighted by molar-refractivity contribution is -0.149. The lowest BCUT2D eigenvalue weighted by Gasteiger charge is -2.26. The molecular formula is C15H18N2O5. The quantitative estimate of drug-likeness (QED) is 0.785. The molecule has 118 valence electrons. The van der Waals surface area contributed by atoms with Crippen molar-refractivity contribution in [1.82, 2.24) is 10.2 Å². The molecule has 0 aliphatic carbocycles. The Morgan fingerprint density at radius 2 is 2.09 bits per heavy atom. The molecule has 1 aromatic carbocycles. The third kappa shape index (κ3) is 3.09. The Labute approximate surface area is 127 Å². The van der Waals surface area contributed by atoms with Crippen LogP contribution in [-0.2, 0) is 20.9 Å². The molecule has 0 radical (unpaired) electrons. The second kappa shape index (κ2) is 6.15. The van der Waals surface area contributed by atoms with Crippen molar-refractivity contribution in [3.05, 3.63) is 35.4 Å². The molecule has 7 heteroatoms. The summed E-state index contributed by atoms with van der Waals surface area (Å²) < 4.78 is 4.83. The van der Waals surface area contributed by atoms with Gasteiger partial charge in [0.2, 0.25) is 5.91 Å². The number of hydrogen-bond acceptors (Lipinski definition) is 4. The molecule has 1 aliphatic heterocycles. The zero-order chi connectivity index (χ0) is 16.3. The van der Waals surface area contributed by atoms with Crippen molar-refractivity contribution < 1.29 is 24.2 Å². The number of amides is 2. The molecule has 2 amide bonds. The van der Waals surface area contributed by atoms with E-state index in [1.54, 1.807) is 12.1 Å². The highest BCUT2D eigenvalue weighted by atomic mass is 16.5. The van der Waals surface area contributed by atoms with E-state index in [9.17, 15) is 19.5 Å². The van der Waals surface area contributed by atoms with Gasteiger partial charge in [0, 0.05) is 19.2 Å². The number of carboxylic acid groups (broad SMARTS) is 1. The number of ether oxygens (including phenoxy) is 1. The summed E-state index contributed by atoms with van der Waals surface area (Å²) in [7, 11) is 1.36. The highest BCUT2D eigenvalue weighted by Gasteiger charge is 2.36. The Hall–Kier alpha value is -2.41. The summed E-state index contributed by atoms with van der Waals surface area (Å²) in [5, 5.41) is 11.6. The molecule has 0 saturated carbocycles. The smallest absolute Gasteiger partial charge is 0.331 e. The van der Waals surface area contributed by atoms with Crippen LogP contribution in [0.2, 0.25) is 0 Å². The van der Waals surface area contributed by atoms with Crippen LogP contribution >= 0.6 is 0 Å². The second-order valence-electron chi connectivity index (χ2n) is 5.44. The monoisotopic (exact) mass is 306 g/mol. The van der Waals surface area contributed by atoms with Crippen LogP contribution in [0.25, 0.3) is 0 Å². The highest BCUT2D eigenvalue weighted by molar-refractivity contribution is 6.00. The maximum absolute atomic E-state index is 12.2. The first kappa shape index (κ1) is 16.0. The van der Waals surface area contributed by atoms with Gasteiger partial charge in [0.05, 0.1) is 6.61 Å². The van der Waals surface area contributed by atoms with Gasteiger partial charge in [0.1, 0.15) is 6.54 Å². The van der Waals surface area contributed by atoms with Gasteiger partial charge in [-0.05, 0) is 18.6 Å². The summed E-state index contributed by atoms with van der Waals surface area (Å²) in [6, 6.07) is 7.13. The van der Waals surface area contributed by atoms with Crippen molar-refractivity contribution in [2.75, 3.05) is 20.3 Å². The highest BCUT2D eigenvalue weighted by Crippen LogP contribution is 2.21. The molecule has 0 aromatic heterocycles. The van der Waals surface area contributed by atoms with E-state index >= 15 is 0 Å². The Balaban J connectivity index is 2.02. The Kier molecular flexibility index (Phi) is 4.46. The van der Waals surface area contributed by atoms with Crippen LogP contribution in [-0.4, -0.2) is 53.6 Å². The Bertz CT molecular complexity index is 616. The molecule has 0 fully saturated rings. The molecule has 1 heterocycles. The third-order valence-corrected chi connectivity index (χ3v) is 3.55. The van der Waals surface area contributed by atoms with Crippen molar-refractivity contribution >= 4 is 17.8 Å². The summed E-state index contributed by atoms with van der Waals surface area (Å²) in [5.41, 5.74) is -0.0899. The lowest BCUT2D eigenvalue weighted by Crippen LogP contribution is -2.57. The van der Waals surface area contributed by atoms with E-state index < -0.39 is 17.4 Å². The van der Waals surface area contributed by atoms with Crippen LogP contribution < -0.4 is 5.32 Å². The Morgan fingerprint density at radius 3 is 2.68 bits per heavy atom. The average molecular weight is 306 g/mol. The minimum Gasteiger partial charge on any atom is -0.479 e. The van der Waals surface area contributed by atoms with Crippen LogP contribution in [0.4, 0.5) is 0 Å². The predicted octanol–water partition coefficient (Wildman–Crippen LogP) is 0.248. The topological polar surface area (TPSA) is 95.9 Å². The van der Waals surface area contributed by atoms with Gasteiger partial charge in [-0.1, -0.05) is 18.2 Å². The summed E-state index contributed by atoms with van der Waals surface area (Å²) >= 11 is 0. The van der Waals surface area contributed by atoms with E-state index in [0.717, 1.165) is 5.56 Å². The van der Waals surface area contributed by atoms with Gasteiger partial charge in [-0.25, -0.2) is 4.79 Å². The number of hydrogen-bond donors (Lipinski definition) is 2. The van der Waals surface area contributed by atoms with Gasteiger partial charge in [-0.3, -0.25) is 9.59 Å². The van der Waals surface area contributed by atoms with E-state index in [0.29, 0.717) is 12.1 Å². The third-order valence-electron chi connectivity index (χ3n) is 3.55. The molecule has 22 heavy (non-hydrogen) atoms. The SMILES string of the molecule is COCC(C)(NC(=O)CN1Cc2ccccc2C1=O)C(=O)O. The van der Waals surface area contributed by atoms with Gasteiger partial charge in [-0.15, -0.1) is 0 Å². The molecule has 1 aliphatic rings. The first-order chi connectivity index (χ1) is 10.4. The number of nitrogens with one attached hydrogen (secondary N) is 1. The molecular weight excluding hydrogens is 288 g/mol. The van der Waals surface area contributed by atoms with E-state index in [-0.39, 0.29) is 19.1 Å². The summed E-state index contributed by atoms with van der Waals surface area (Å²) in [5.74, 6) is -1.96. The maximum Gasteiger partial charge on any atom is 0.331 e. The number of nitrogens with zero attached hydrogens (tertiary/aromatic N) is 1. The second-order valence-corrected chi connectivity index (χ2v) is 5.44. The average Bonchev–Trinajstić information content (AvgIpc) is 2.76. The number of benzene rings is 1. The van der Waals surface area contributed by atoms with Crippen LogP contribution in [0, 0.1) is 0 Å². The minimum atomic E-state index is -1.53. The number of carboxylic acids is 1. The van der Waals surface area contributed by atoms with E-state index in [2.05, 4.69) is 5.32 Å². The molecule has 2 N–H and O–H groups in total. The van der Waals surface area contributed by atoms with E-state index in [1.165, 1.54) is 18.9 Å². The first-order valence-corrected chi connectivity index (χ1v) is 6.78. The molecule has 0 saturated heterocycles. The van der Waals surface area contributed by atoms with Gasteiger partial charge >= 0.3 is 5.97 Å². The van der Waals surface area contributed by atoms with Crippen LogP contribution in [0.1, 0.15) is 22.8 Å². The Morgan fingerprint density at radius 1 is 1.41 bits per heavy atom. The fourth-order valence-electron chi connectivity index (χ4n) is 2.40. The zero-order valence-corrected chi connectivity index (χ0v) is 12.5. The van der Waals surface area contributed by atoms with Gasteiger partial charge in [0.25, 0.3) is 5.91 Å². The van der Waals surface area contributed by atoms with Crippen LogP contribution in [0.5, 0.6) is 0 Å². The normalized spacial score (nSPS) is 16.1. The van der Waals surface area contributed by atoms with Crippen LogP contribution in [0.15, 0.2) is 24.3 Å². The van der Waals surface area contributed by atoms with Crippen molar-refractivity contribution in [1.29, 1.82) is 0 Å². The van der Waals surface area contributed by atoms with E-state index in [1.807, 2.05) is 12.1 Å². The molecule has 1 aromatic rings. The van der Waals surface area contributed by atoms with Gasteiger partial charge in [0.15, 0.2) is 5.54 Å². The molecule has 0 spiro atoms. The number of fused-ring (bicyclic) bond motifs is 1. The molecule has 2 rings (SSSR count). The number of carbonyl (C=O) groups is 3. The first-order valence-electron chi connectivity index (χ1n) is 6.78. The maximum atomic E-state index is 12.2. The molecule has 1 unspecified atom stereocenters. The van der Waals surface area contributed by atoms with E-state index in [4.69, 9.17) is 4.74 Å². The minimum absolute atomic E-state index is 0.164. The van der Waals surface area contributed by atoms with Crippen molar-refractivity contribution in [2.45, 2.75) is 19.0 Å². The van der Waals surface area contributed by atoms with Crippen molar-refractivity contribution in [3.63, 3.8) is 0 Å². The predicted molar refractivity (Wildman–Crippen MR) is 77.2 cm³/mol. The summed E-state index contributed by atoms with van der Waals surface area (Å²) in [6.45, 7) is 1.34. The fourth-order valence-corrected chi connectivity index (χ4v) is 2.40. The zero-order valence-electron chi connectivity index (χ0n) is 12.5. The number of carbonyl (C=O) groups excluding carboxylic acids is 2. The van der Waals surface area contributed by atoms with Crippen molar-refractivity contribution in [2.24, 2.45) is 0 Å². The van der Waals surface area contributed by atoms with Crippen LogP contribution in [0.3, 0.4) is 0 Å². The van der Waals surface area contributed by atoms with Gasteiger partial charge < -0.3 is 20.1 Å². The number of aliphatic carboxylic acids is 1. The van der Waals surface area contributed by atoms with Crippen molar-refractivity contribution in [3.8, 4) is 0 Å². The summed E-state index contributed by atoms with van der Waals surface area (Å²) in [6.07, 6.45) is 0. The number of methoxy groups -OCH3 is 1. The molecule has 0 bridgehead atoms. The molecule has 1 atom stereocenters. The fraction of sp³-hybridized carbons (Fsp3) is 0.400. The largest absolute Gasteiger partial charge is 0.479 e. The standard InChI is InChI=1S/C15H18N2O5/c1-15(9-22-2,14(20)21)16-12(18)8-17-7-10-5-3-4-6-11(10)13(17)19/h3-6H,7-9H2,1-2H3,(H,16,18)(H,20,21). The lowest BCUT2D eigenvalue weighted by atomic mass is 10.0. The molecule has 7 nitrogen and oxygen atoms in total. The summed E-state index contributed by atoms with van der Waals surface area (Å²) in [4.78, 5) is 36.9. The number of rotatable bonds is 6.